The van der Waals surface area contributed by atoms with Gasteiger partial charge in [0, 0.05) is 38.8 Å². The van der Waals surface area contributed by atoms with E-state index in [1.807, 2.05) is 12.1 Å². The number of nitrogens with one attached hydrogen (secondary N) is 1. The summed E-state index contributed by atoms with van der Waals surface area (Å²) in [5, 5.41) is 13.2. The fraction of sp³-hybridized carbons (Fsp3) is 0.314. The lowest BCUT2D eigenvalue weighted by Crippen LogP contribution is -2.42. The maximum atomic E-state index is 14.2. The zero-order chi connectivity index (χ0) is 34.1. The lowest BCUT2D eigenvalue weighted by atomic mass is 9.68. The van der Waals surface area contributed by atoms with Crippen molar-refractivity contribution >= 4 is 63.9 Å². The maximum absolute atomic E-state index is 14.2. The molecule has 14 heteroatoms. The van der Waals surface area contributed by atoms with E-state index in [2.05, 4.69) is 4.98 Å². The molecule has 2 aliphatic carbocycles. The Hall–Kier alpha value is -4.46. The van der Waals surface area contributed by atoms with Crippen molar-refractivity contribution in [3.8, 4) is 5.75 Å². The number of non-ortho nitro benzene ring substituents is 1. The lowest BCUT2D eigenvalue weighted by Gasteiger charge is -2.43. The Kier molecular flexibility index (Phi) is 7.88. The Bertz CT molecular complexity index is 2080. The smallest absolute Gasteiger partial charge is 0.338 e. The molecule has 1 aromatic heterocycles. The van der Waals surface area contributed by atoms with Crippen molar-refractivity contribution in [3.05, 3.63) is 113 Å². The van der Waals surface area contributed by atoms with Gasteiger partial charge in [0.05, 0.1) is 39.6 Å². The molecule has 11 nitrogen and oxygen atoms in total. The van der Waals surface area contributed by atoms with E-state index < -0.39 is 28.6 Å². The molecule has 1 saturated heterocycles. The van der Waals surface area contributed by atoms with Crippen LogP contribution in [0, 0.1) is 39.7 Å². The predicted octanol–water partition coefficient (Wildman–Crippen LogP) is 6.43. The second kappa shape index (κ2) is 12.1. The molecule has 49 heavy (non-hydrogen) atoms. The first-order valence-corrected chi connectivity index (χ1v) is 17.9. The molecule has 7 atom stereocenters. The molecule has 2 bridgehead atoms. The average molecular weight is 718 g/mol. The number of fused-ring (bicyclic) bond motifs is 9. The van der Waals surface area contributed by atoms with Crippen LogP contribution in [0.4, 0.5) is 11.4 Å². The number of thioether (sulfide) groups is 1. The minimum atomic E-state index is -0.582. The highest BCUT2D eigenvalue weighted by atomic mass is 35.5. The molecular formula is C35H28ClN3O8S2. The number of carbonyl (C=O) groups excluding carboxylic acids is 3. The van der Waals surface area contributed by atoms with Crippen LogP contribution < -0.4 is 14.5 Å². The van der Waals surface area contributed by atoms with Crippen molar-refractivity contribution in [2.75, 3.05) is 11.5 Å². The van der Waals surface area contributed by atoms with Gasteiger partial charge in [-0.2, -0.15) is 0 Å². The third-order valence-electron chi connectivity index (χ3n) is 10.2. The number of anilines is 1. The standard InChI is InChI=1S/C35H28ClN3O8S2/c1-2-46-34(42)17-5-9-19(10-6-17)38-32(40)27-22-14-23(28(27)33(38)41)29-26(22)25(30-31(48-29)37-35(43)49-30)21-13-20(39(44)45)11-12-24(21)47-15-16-3-7-18(36)8-4-16/h3-13,22-23,25-29H,2,14-15H2,1H3,(H,37,43)/t22-,23-,25+,26+,27+,28+,29-/m1/s1. The number of H-pyrrole nitrogens is 1. The van der Waals surface area contributed by atoms with Crippen molar-refractivity contribution in [2.45, 2.75) is 36.1 Å². The molecule has 2 saturated carbocycles. The van der Waals surface area contributed by atoms with Gasteiger partial charge in [-0.05, 0) is 79.1 Å². The number of benzene rings is 3. The molecular weight excluding hydrogens is 690 g/mol. The second-order valence-electron chi connectivity index (χ2n) is 12.6. The first-order valence-electron chi connectivity index (χ1n) is 15.8. The van der Waals surface area contributed by atoms with Crippen LogP contribution in [0.1, 0.15) is 45.6 Å². The second-order valence-corrected chi connectivity index (χ2v) is 15.3. The minimum Gasteiger partial charge on any atom is -0.489 e. The van der Waals surface area contributed by atoms with Gasteiger partial charge in [0.1, 0.15) is 12.4 Å². The number of nitrogens with zero attached hydrogens (tertiary/aromatic N) is 2. The molecule has 4 aliphatic rings. The topological polar surface area (TPSA) is 149 Å². The summed E-state index contributed by atoms with van der Waals surface area (Å²) in [7, 11) is 0. The number of nitro groups is 1. The Morgan fingerprint density at radius 2 is 1.73 bits per heavy atom. The number of rotatable bonds is 8. The largest absolute Gasteiger partial charge is 0.489 e. The summed E-state index contributed by atoms with van der Waals surface area (Å²) in [6.45, 7) is 2.12. The number of halogens is 1. The van der Waals surface area contributed by atoms with Crippen LogP contribution >= 0.6 is 34.7 Å². The summed E-state index contributed by atoms with van der Waals surface area (Å²) >= 11 is 8.66. The lowest BCUT2D eigenvalue weighted by molar-refractivity contribution is -0.385. The van der Waals surface area contributed by atoms with Crippen molar-refractivity contribution in [1.82, 2.24) is 4.98 Å². The summed E-state index contributed by atoms with van der Waals surface area (Å²) in [5.74, 6) is -2.77. The van der Waals surface area contributed by atoms with Gasteiger partial charge in [0.25, 0.3) is 5.69 Å². The van der Waals surface area contributed by atoms with Gasteiger partial charge in [-0.15, -0.1) is 11.8 Å². The highest BCUT2D eigenvalue weighted by Gasteiger charge is 2.70. The van der Waals surface area contributed by atoms with Gasteiger partial charge >= 0.3 is 10.8 Å². The number of hydrogen-bond donors (Lipinski definition) is 1. The van der Waals surface area contributed by atoms with Gasteiger partial charge in [0.15, 0.2) is 0 Å². The highest BCUT2D eigenvalue weighted by molar-refractivity contribution is 8.00. The molecule has 0 spiro atoms. The molecule has 1 N–H and O–H groups in total. The van der Waals surface area contributed by atoms with Gasteiger partial charge in [-0.25, -0.2) is 4.79 Å². The third-order valence-corrected chi connectivity index (χ3v) is 13.0. The Labute approximate surface area is 292 Å². The van der Waals surface area contributed by atoms with Crippen LogP contribution in [0.2, 0.25) is 5.02 Å². The fourth-order valence-corrected chi connectivity index (χ4v) is 11.4. The summed E-state index contributed by atoms with van der Waals surface area (Å²) in [6, 6.07) is 18.0. The minimum absolute atomic E-state index is 0.112. The number of nitro benzene ring substituents is 1. The van der Waals surface area contributed by atoms with Gasteiger partial charge in [-0.1, -0.05) is 35.1 Å². The molecule has 8 rings (SSSR count). The summed E-state index contributed by atoms with van der Waals surface area (Å²) < 4.78 is 11.4. The molecule has 0 radical (unpaired) electrons. The number of hydrogen-bond acceptors (Lipinski definition) is 10. The number of amides is 2. The average Bonchev–Trinajstić information content (AvgIpc) is 3.83. The van der Waals surface area contributed by atoms with E-state index in [9.17, 15) is 29.3 Å². The number of thiazole rings is 1. The van der Waals surface area contributed by atoms with E-state index in [0.717, 1.165) is 21.8 Å². The number of esters is 1. The van der Waals surface area contributed by atoms with Crippen LogP contribution in [0.3, 0.4) is 0 Å². The number of ether oxygens (including phenoxy) is 2. The Morgan fingerprint density at radius 3 is 2.43 bits per heavy atom. The SMILES string of the molecule is CCOC(=O)c1ccc(N2C(=O)[C@H]3[C@H]4C[C@@H]([C@@H]3C2=O)[C@H]2[C@H](c3cc([N+](=O)[O-])ccc3OCc3ccc(Cl)cc3)c3sc(=O)[nH]c3S[C@H]42)cc1. The molecule has 3 fully saturated rings. The highest BCUT2D eigenvalue weighted by Crippen LogP contribution is 2.69. The number of carbonyl (C=O) groups is 3. The summed E-state index contributed by atoms with van der Waals surface area (Å²) in [4.78, 5) is 69.5. The van der Waals surface area contributed by atoms with E-state index in [4.69, 9.17) is 21.1 Å². The van der Waals surface area contributed by atoms with Crippen LogP contribution in [0.15, 0.2) is 76.6 Å². The third kappa shape index (κ3) is 5.17. The van der Waals surface area contributed by atoms with E-state index in [0.29, 0.717) is 39.0 Å². The van der Waals surface area contributed by atoms with Gasteiger partial charge < -0.3 is 14.5 Å². The predicted molar refractivity (Wildman–Crippen MR) is 182 cm³/mol. The number of aromatic nitrogens is 1. The van der Waals surface area contributed by atoms with Crippen molar-refractivity contribution in [1.29, 1.82) is 0 Å². The first-order chi connectivity index (χ1) is 23.6. The van der Waals surface area contributed by atoms with Crippen LogP contribution in [-0.4, -0.2) is 39.5 Å². The van der Waals surface area contributed by atoms with Crippen molar-refractivity contribution < 1.29 is 28.8 Å². The molecule has 4 aromatic rings. The van der Waals surface area contributed by atoms with E-state index >= 15 is 0 Å². The Morgan fingerprint density at radius 1 is 1.02 bits per heavy atom. The monoisotopic (exact) mass is 717 g/mol. The molecule has 0 unspecified atom stereocenters. The number of aromatic amines is 1. The van der Waals surface area contributed by atoms with Crippen LogP contribution in [0.5, 0.6) is 5.75 Å². The van der Waals surface area contributed by atoms with Gasteiger partial charge in [0.2, 0.25) is 11.8 Å². The molecule has 3 heterocycles. The molecule has 2 amide bonds. The fourth-order valence-electron chi connectivity index (χ4n) is 8.35. The van der Waals surface area contributed by atoms with E-state index in [-0.39, 0.29) is 58.6 Å². The normalized spacial score (nSPS) is 26.3. The summed E-state index contributed by atoms with van der Waals surface area (Å²) in [5.41, 5.74) is 2.03. The first kappa shape index (κ1) is 31.8. The number of imide groups is 1. The maximum Gasteiger partial charge on any atom is 0.338 e. The zero-order valence-electron chi connectivity index (χ0n) is 25.9. The van der Waals surface area contributed by atoms with Crippen molar-refractivity contribution in [3.63, 3.8) is 0 Å². The quantitative estimate of drug-likeness (QED) is 0.0942. The van der Waals surface area contributed by atoms with Crippen LogP contribution in [0.25, 0.3) is 0 Å². The molecule has 2 aliphatic heterocycles. The molecule has 250 valence electrons. The summed E-state index contributed by atoms with van der Waals surface area (Å²) in [6.07, 6.45) is 0.649. The van der Waals surface area contributed by atoms with Crippen LogP contribution in [-0.2, 0) is 20.9 Å². The zero-order valence-corrected chi connectivity index (χ0v) is 28.3. The van der Waals surface area contributed by atoms with E-state index in [1.54, 1.807) is 49.4 Å². The Balaban J connectivity index is 1.17. The molecule has 3 aromatic carbocycles. The van der Waals surface area contributed by atoms with Crippen molar-refractivity contribution in [2.24, 2.45) is 29.6 Å². The van der Waals surface area contributed by atoms with E-state index in [1.165, 1.54) is 28.8 Å². The van der Waals surface area contributed by atoms with Gasteiger partial charge in [-0.3, -0.25) is 29.4 Å².